The van der Waals surface area contributed by atoms with Gasteiger partial charge in [0.1, 0.15) is 0 Å². The van der Waals surface area contributed by atoms with Crippen molar-refractivity contribution in [1.82, 2.24) is 0 Å². The Labute approximate surface area is 127 Å². The fourth-order valence-corrected chi connectivity index (χ4v) is 2.77. The average molecular weight is 314 g/mol. The summed E-state index contributed by atoms with van der Waals surface area (Å²) in [5, 5.41) is 0.684. The molecule has 0 heterocycles. The first kappa shape index (κ1) is 14.4. The first-order valence-corrected chi connectivity index (χ1v) is 6.87. The van der Waals surface area contributed by atoms with Gasteiger partial charge in [-0.15, -0.1) is 0 Å². The van der Waals surface area contributed by atoms with Gasteiger partial charge in [-0.2, -0.15) is 0 Å². The van der Waals surface area contributed by atoms with Crippen molar-refractivity contribution in [2.24, 2.45) is 0 Å². The topological polar surface area (TPSA) is 17.1 Å². The highest BCUT2D eigenvalue weighted by Crippen LogP contribution is 2.31. The van der Waals surface area contributed by atoms with Gasteiger partial charge in [0.15, 0.2) is 0 Å². The summed E-state index contributed by atoms with van der Waals surface area (Å²) in [5.74, 6) is -0.0184. The largest absolute Gasteiger partial charge is 0.276 e. The van der Waals surface area contributed by atoms with E-state index in [9.17, 15) is 4.79 Å². The summed E-state index contributed by atoms with van der Waals surface area (Å²) in [5.41, 5.74) is 2.32. The summed E-state index contributed by atoms with van der Waals surface area (Å²) in [7, 11) is 0. The van der Waals surface area contributed by atoms with Crippen LogP contribution in [0.4, 0.5) is 0 Å². The van der Waals surface area contributed by atoms with E-state index in [4.69, 9.17) is 34.8 Å². The Bertz CT molecular complexity index is 602. The molecule has 19 heavy (non-hydrogen) atoms. The van der Waals surface area contributed by atoms with E-state index >= 15 is 0 Å². The van der Waals surface area contributed by atoms with E-state index < -0.39 is 5.24 Å². The number of carbonyl (C=O) groups is 1. The second-order valence-electron chi connectivity index (χ2n) is 4.29. The van der Waals surface area contributed by atoms with Crippen LogP contribution in [0, 0.1) is 0 Å². The molecule has 0 aromatic heterocycles. The van der Waals surface area contributed by atoms with Crippen LogP contribution in [0.15, 0.2) is 42.5 Å². The Kier molecular flexibility index (Phi) is 4.51. The fourth-order valence-electron chi connectivity index (χ4n) is 2.06. The van der Waals surface area contributed by atoms with E-state index in [-0.39, 0.29) is 5.92 Å². The van der Waals surface area contributed by atoms with Gasteiger partial charge in [0, 0.05) is 21.5 Å². The zero-order valence-corrected chi connectivity index (χ0v) is 12.4. The second kappa shape index (κ2) is 5.96. The molecule has 1 unspecified atom stereocenters. The molecule has 0 fully saturated rings. The van der Waals surface area contributed by atoms with Crippen molar-refractivity contribution in [3.8, 4) is 0 Å². The lowest BCUT2D eigenvalue weighted by molar-refractivity contribution is 0.108. The van der Waals surface area contributed by atoms with E-state index in [2.05, 4.69) is 0 Å². The number of halogens is 3. The van der Waals surface area contributed by atoms with Gasteiger partial charge in [0.2, 0.25) is 0 Å². The molecule has 0 bridgehead atoms. The van der Waals surface area contributed by atoms with Gasteiger partial charge >= 0.3 is 0 Å². The summed E-state index contributed by atoms with van der Waals surface area (Å²) in [4.78, 5) is 11.4. The minimum Gasteiger partial charge on any atom is -0.276 e. The third-order valence-corrected chi connectivity index (χ3v) is 3.66. The molecule has 98 valence electrons. The van der Waals surface area contributed by atoms with Crippen LogP contribution in [0.5, 0.6) is 0 Å². The molecular formula is C15H11Cl3O. The van der Waals surface area contributed by atoms with E-state index in [1.165, 1.54) is 0 Å². The standard InChI is InChI=1S/C15H11Cl3O/c1-9(10-6-11(16)8-12(17)7-10)13-4-2-3-5-14(13)15(18)19/h2-9H,1H3. The van der Waals surface area contributed by atoms with Crippen molar-refractivity contribution in [2.45, 2.75) is 12.8 Å². The van der Waals surface area contributed by atoms with Gasteiger partial charge < -0.3 is 0 Å². The molecule has 1 atom stereocenters. The predicted octanol–water partition coefficient (Wildman–Crippen LogP) is 5.52. The second-order valence-corrected chi connectivity index (χ2v) is 5.50. The lowest BCUT2D eigenvalue weighted by Gasteiger charge is -2.16. The van der Waals surface area contributed by atoms with Crippen LogP contribution >= 0.6 is 34.8 Å². The third kappa shape index (κ3) is 3.30. The molecule has 0 saturated carbocycles. The Morgan fingerprint density at radius 1 is 1.05 bits per heavy atom. The number of carbonyl (C=O) groups excluding carboxylic acids is 1. The highest BCUT2D eigenvalue weighted by atomic mass is 35.5. The molecule has 0 aliphatic heterocycles. The summed E-state index contributed by atoms with van der Waals surface area (Å²) in [6, 6.07) is 12.6. The van der Waals surface area contributed by atoms with Crippen molar-refractivity contribution in [3.05, 3.63) is 69.2 Å². The summed E-state index contributed by atoms with van der Waals surface area (Å²) >= 11 is 17.6. The smallest absolute Gasteiger partial charge is 0.252 e. The van der Waals surface area contributed by atoms with E-state index in [1.807, 2.05) is 31.2 Å². The van der Waals surface area contributed by atoms with Crippen LogP contribution < -0.4 is 0 Å². The number of hydrogen-bond acceptors (Lipinski definition) is 1. The number of rotatable bonds is 3. The van der Waals surface area contributed by atoms with Crippen LogP contribution in [0.1, 0.15) is 34.3 Å². The molecule has 0 aliphatic rings. The normalized spacial score (nSPS) is 12.2. The Balaban J connectivity index is 2.49. The van der Waals surface area contributed by atoms with Gasteiger partial charge in [-0.05, 0) is 47.0 Å². The molecule has 0 saturated heterocycles. The van der Waals surface area contributed by atoms with E-state index in [0.29, 0.717) is 15.6 Å². The average Bonchev–Trinajstić information content (AvgIpc) is 2.36. The molecule has 0 aliphatic carbocycles. The molecule has 4 heteroatoms. The lowest BCUT2D eigenvalue weighted by Crippen LogP contribution is -2.03. The van der Waals surface area contributed by atoms with Crippen LogP contribution in [-0.2, 0) is 0 Å². The van der Waals surface area contributed by atoms with Crippen molar-refractivity contribution >= 4 is 40.0 Å². The minimum absolute atomic E-state index is 0.0184. The van der Waals surface area contributed by atoms with Crippen molar-refractivity contribution in [1.29, 1.82) is 0 Å². The van der Waals surface area contributed by atoms with Crippen LogP contribution in [-0.4, -0.2) is 5.24 Å². The highest BCUT2D eigenvalue weighted by Gasteiger charge is 2.16. The summed E-state index contributed by atoms with van der Waals surface area (Å²) in [6.07, 6.45) is 0. The minimum atomic E-state index is -0.462. The molecular weight excluding hydrogens is 303 g/mol. The van der Waals surface area contributed by atoms with Crippen molar-refractivity contribution < 1.29 is 4.79 Å². The predicted molar refractivity (Wildman–Crippen MR) is 80.6 cm³/mol. The Morgan fingerprint density at radius 2 is 1.63 bits per heavy atom. The monoisotopic (exact) mass is 312 g/mol. The lowest BCUT2D eigenvalue weighted by atomic mass is 9.90. The van der Waals surface area contributed by atoms with Crippen molar-refractivity contribution in [3.63, 3.8) is 0 Å². The van der Waals surface area contributed by atoms with Gasteiger partial charge in [0.05, 0.1) is 0 Å². The molecule has 1 nitrogen and oxygen atoms in total. The molecule has 2 rings (SSSR count). The molecule has 0 spiro atoms. The van der Waals surface area contributed by atoms with Gasteiger partial charge in [-0.25, -0.2) is 0 Å². The maximum absolute atomic E-state index is 11.4. The maximum Gasteiger partial charge on any atom is 0.252 e. The van der Waals surface area contributed by atoms with E-state index in [1.54, 1.807) is 18.2 Å². The molecule has 0 N–H and O–H groups in total. The highest BCUT2D eigenvalue weighted by molar-refractivity contribution is 6.67. The molecule has 0 amide bonds. The number of hydrogen-bond donors (Lipinski definition) is 0. The maximum atomic E-state index is 11.4. The van der Waals surface area contributed by atoms with Gasteiger partial charge in [-0.1, -0.05) is 48.3 Å². The molecule has 2 aromatic rings. The molecule has 2 aromatic carbocycles. The molecule has 0 radical (unpaired) electrons. The zero-order valence-electron chi connectivity index (χ0n) is 10.2. The Morgan fingerprint density at radius 3 is 2.21 bits per heavy atom. The van der Waals surface area contributed by atoms with Gasteiger partial charge in [-0.3, -0.25) is 4.79 Å². The number of benzene rings is 2. The van der Waals surface area contributed by atoms with E-state index in [0.717, 1.165) is 11.1 Å². The fraction of sp³-hybridized carbons (Fsp3) is 0.133. The SMILES string of the molecule is CC(c1cc(Cl)cc(Cl)c1)c1ccccc1C(=O)Cl. The first-order valence-electron chi connectivity index (χ1n) is 5.74. The van der Waals surface area contributed by atoms with Crippen LogP contribution in [0.25, 0.3) is 0 Å². The summed E-state index contributed by atoms with van der Waals surface area (Å²) < 4.78 is 0. The Hall–Kier alpha value is -1.02. The zero-order chi connectivity index (χ0) is 14.0. The first-order chi connectivity index (χ1) is 8.99. The van der Waals surface area contributed by atoms with Crippen LogP contribution in [0.2, 0.25) is 10.0 Å². The van der Waals surface area contributed by atoms with Gasteiger partial charge in [0.25, 0.3) is 5.24 Å². The quantitative estimate of drug-likeness (QED) is 0.681. The van der Waals surface area contributed by atoms with Crippen LogP contribution in [0.3, 0.4) is 0 Å². The summed E-state index contributed by atoms with van der Waals surface area (Å²) in [6.45, 7) is 1.99. The third-order valence-electron chi connectivity index (χ3n) is 3.02. The van der Waals surface area contributed by atoms with Crippen molar-refractivity contribution in [2.75, 3.05) is 0 Å².